The summed E-state index contributed by atoms with van der Waals surface area (Å²) in [6.07, 6.45) is 0. The Morgan fingerprint density at radius 1 is 1.44 bits per heavy atom. The number of hydrogen-bond donors (Lipinski definition) is 1. The van der Waals surface area contributed by atoms with E-state index in [0.717, 1.165) is 5.56 Å². The van der Waals surface area contributed by atoms with E-state index in [0.29, 0.717) is 13.1 Å². The van der Waals surface area contributed by atoms with Crippen molar-refractivity contribution in [2.45, 2.75) is 12.3 Å². The maximum absolute atomic E-state index is 11.9. The summed E-state index contributed by atoms with van der Waals surface area (Å²) in [6, 6.07) is 9.22. The Kier molecular flexibility index (Phi) is 5.29. The van der Waals surface area contributed by atoms with Gasteiger partial charge in [-0.1, -0.05) is 30.3 Å². The van der Waals surface area contributed by atoms with Crippen LogP contribution in [0.1, 0.15) is 17.9 Å². The van der Waals surface area contributed by atoms with Crippen LogP contribution in [-0.2, 0) is 4.79 Å². The molecule has 0 fully saturated rings. The fraction of sp³-hybridized carbons (Fsp3) is 0.417. The number of aliphatic hydroxyl groups excluding tert-OH is 1. The lowest BCUT2D eigenvalue weighted by Gasteiger charge is -2.22. The topological polar surface area (TPSA) is 40.5 Å². The third kappa shape index (κ3) is 3.22. The first kappa shape index (κ1) is 13.0. The van der Waals surface area contributed by atoms with E-state index in [2.05, 4.69) is 0 Å². The molecular weight excluding hydrogens is 226 g/mol. The first-order valence-corrected chi connectivity index (χ1v) is 5.73. The van der Waals surface area contributed by atoms with Crippen LogP contribution < -0.4 is 0 Å². The third-order valence-corrected chi connectivity index (χ3v) is 2.81. The van der Waals surface area contributed by atoms with Crippen LogP contribution in [-0.4, -0.2) is 35.6 Å². The maximum Gasteiger partial charge on any atom is 0.245 e. The number of alkyl halides is 1. The van der Waals surface area contributed by atoms with Crippen LogP contribution >= 0.6 is 11.6 Å². The van der Waals surface area contributed by atoms with Gasteiger partial charge in [-0.05, 0) is 12.5 Å². The summed E-state index contributed by atoms with van der Waals surface area (Å²) in [5.41, 5.74) is 0.783. The van der Waals surface area contributed by atoms with Gasteiger partial charge in [0.2, 0.25) is 5.91 Å². The molecule has 1 atom stereocenters. The molecule has 1 aromatic rings. The average molecular weight is 242 g/mol. The fourth-order valence-corrected chi connectivity index (χ4v) is 1.75. The van der Waals surface area contributed by atoms with E-state index >= 15 is 0 Å². The Morgan fingerprint density at radius 3 is 2.56 bits per heavy atom. The lowest BCUT2D eigenvalue weighted by molar-refractivity contribution is -0.131. The minimum Gasteiger partial charge on any atom is -0.395 e. The SMILES string of the molecule is CCN(CCO)C(=O)C(Cl)c1ccccc1. The van der Waals surface area contributed by atoms with Crippen molar-refractivity contribution in [1.29, 1.82) is 0 Å². The molecule has 88 valence electrons. The van der Waals surface area contributed by atoms with Crippen molar-refractivity contribution in [3.8, 4) is 0 Å². The number of nitrogens with zero attached hydrogens (tertiary/aromatic N) is 1. The van der Waals surface area contributed by atoms with Gasteiger partial charge in [0.05, 0.1) is 6.61 Å². The van der Waals surface area contributed by atoms with E-state index in [1.54, 1.807) is 4.90 Å². The molecule has 0 aliphatic heterocycles. The van der Waals surface area contributed by atoms with Gasteiger partial charge in [-0.3, -0.25) is 4.79 Å². The van der Waals surface area contributed by atoms with Gasteiger partial charge < -0.3 is 10.0 Å². The van der Waals surface area contributed by atoms with Crippen LogP contribution in [0.25, 0.3) is 0 Å². The number of benzene rings is 1. The molecule has 0 aliphatic rings. The number of aliphatic hydroxyl groups is 1. The highest BCUT2D eigenvalue weighted by Crippen LogP contribution is 2.22. The van der Waals surface area contributed by atoms with E-state index < -0.39 is 5.38 Å². The van der Waals surface area contributed by atoms with Crippen LogP contribution in [0, 0.1) is 0 Å². The van der Waals surface area contributed by atoms with Crippen LogP contribution in [0.15, 0.2) is 30.3 Å². The highest BCUT2D eigenvalue weighted by Gasteiger charge is 2.22. The molecule has 1 aromatic carbocycles. The molecule has 1 amide bonds. The summed E-state index contributed by atoms with van der Waals surface area (Å²) in [5, 5.41) is 8.16. The molecule has 0 spiro atoms. The molecule has 0 aliphatic carbocycles. The van der Waals surface area contributed by atoms with E-state index in [1.165, 1.54) is 0 Å². The molecule has 0 saturated carbocycles. The van der Waals surface area contributed by atoms with Crippen molar-refractivity contribution in [2.24, 2.45) is 0 Å². The molecule has 0 aromatic heterocycles. The molecule has 0 heterocycles. The number of carbonyl (C=O) groups excluding carboxylic acids is 1. The number of amides is 1. The zero-order chi connectivity index (χ0) is 12.0. The minimum atomic E-state index is -0.673. The normalized spacial score (nSPS) is 12.2. The molecule has 0 radical (unpaired) electrons. The summed E-state index contributed by atoms with van der Waals surface area (Å²) >= 11 is 6.09. The Bertz CT molecular complexity index is 329. The summed E-state index contributed by atoms with van der Waals surface area (Å²) in [4.78, 5) is 13.5. The van der Waals surface area contributed by atoms with E-state index in [4.69, 9.17) is 16.7 Å². The number of hydrogen-bond acceptors (Lipinski definition) is 2. The van der Waals surface area contributed by atoms with Crippen molar-refractivity contribution >= 4 is 17.5 Å². The summed E-state index contributed by atoms with van der Waals surface area (Å²) in [6.45, 7) is 2.70. The second-order valence-electron chi connectivity index (χ2n) is 3.41. The zero-order valence-corrected chi connectivity index (χ0v) is 10.0. The number of halogens is 1. The maximum atomic E-state index is 11.9. The van der Waals surface area contributed by atoms with Crippen molar-refractivity contribution < 1.29 is 9.90 Å². The second-order valence-corrected chi connectivity index (χ2v) is 3.85. The van der Waals surface area contributed by atoms with Gasteiger partial charge >= 0.3 is 0 Å². The predicted octanol–water partition coefficient (Wildman–Crippen LogP) is 1.81. The van der Waals surface area contributed by atoms with Gasteiger partial charge in [-0.25, -0.2) is 0 Å². The third-order valence-electron chi connectivity index (χ3n) is 2.37. The van der Waals surface area contributed by atoms with Crippen molar-refractivity contribution in [3.05, 3.63) is 35.9 Å². The van der Waals surface area contributed by atoms with E-state index in [1.807, 2.05) is 37.3 Å². The highest BCUT2D eigenvalue weighted by atomic mass is 35.5. The summed E-state index contributed by atoms with van der Waals surface area (Å²) in [7, 11) is 0. The molecule has 4 heteroatoms. The Balaban J connectivity index is 2.73. The van der Waals surface area contributed by atoms with E-state index in [-0.39, 0.29) is 12.5 Å². The summed E-state index contributed by atoms with van der Waals surface area (Å²) in [5.74, 6) is -0.163. The standard InChI is InChI=1S/C12H16ClNO2/c1-2-14(8-9-15)12(16)11(13)10-6-4-3-5-7-10/h3-7,11,15H,2,8-9H2,1H3. The van der Waals surface area contributed by atoms with Gasteiger partial charge in [-0.15, -0.1) is 11.6 Å². The first-order valence-electron chi connectivity index (χ1n) is 5.29. The monoisotopic (exact) mass is 241 g/mol. The molecule has 1 unspecified atom stereocenters. The van der Waals surface area contributed by atoms with E-state index in [9.17, 15) is 4.79 Å². The first-order chi connectivity index (χ1) is 7.70. The number of likely N-dealkylation sites (N-methyl/N-ethyl adjacent to an activating group) is 1. The van der Waals surface area contributed by atoms with Gasteiger partial charge in [0.1, 0.15) is 5.38 Å². The Labute approximate surface area is 101 Å². The molecular formula is C12H16ClNO2. The van der Waals surface area contributed by atoms with Crippen LogP contribution in [0.2, 0.25) is 0 Å². The van der Waals surface area contributed by atoms with Crippen molar-refractivity contribution in [1.82, 2.24) is 4.90 Å². The fourth-order valence-electron chi connectivity index (χ4n) is 1.47. The van der Waals surface area contributed by atoms with Gasteiger partial charge in [0, 0.05) is 13.1 Å². The average Bonchev–Trinajstić information content (AvgIpc) is 2.35. The smallest absolute Gasteiger partial charge is 0.245 e. The zero-order valence-electron chi connectivity index (χ0n) is 9.27. The quantitative estimate of drug-likeness (QED) is 0.799. The van der Waals surface area contributed by atoms with Crippen LogP contribution in [0.5, 0.6) is 0 Å². The van der Waals surface area contributed by atoms with Gasteiger partial charge in [-0.2, -0.15) is 0 Å². The Morgan fingerprint density at radius 2 is 2.06 bits per heavy atom. The van der Waals surface area contributed by atoms with Crippen molar-refractivity contribution in [2.75, 3.05) is 19.7 Å². The largest absolute Gasteiger partial charge is 0.395 e. The van der Waals surface area contributed by atoms with Crippen LogP contribution in [0.3, 0.4) is 0 Å². The molecule has 0 bridgehead atoms. The molecule has 0 saturated heterocycles. The summed E-state index contributed by atoms with van der Waals surface area (Å²) < 4.78 is 0. The van der Waals surface area contributed by atoms with Crippen LogP contribution in [0.4, 0.5) is 0 Å². The van der Waals surface area contributed by atoms with Crippen molar-refractivity contribution in [3.63, 3.8) is 0 Å². The lowest BCUT2D eigenvalue weighted by Crippen LogP contribution is -2.35. The lowest BCUT2D eigenvalue weighted by atomic mass is 10.1. The molecule has 3 nitrogen and oxygen atoms in total. The number of rotatable bonds is 5. The highest BCUT2D eigenvalue weighted by molar-refractivity contribution is 6.30. The second kappa shape index (κ2) is 6.51. The predicted molar refractivity (Wildman–Crippen MR) is 64.4 cm³/mol. The molecule has 1 N–H and O–H groups in total. The van der Waals surface area contributed by atoms with Gasteiger partial charge in [0.25, 0.3) is 0 Å². The van der Waals surface area contributed by atoms with Gasteiger partial charge in [0.15, 0.2) is 0 Å². The number of carbonyl (C=O) groups is 1. The molecule has 16 heavy (non-hydrogen) atoms. The Hall–Kier alpha value is -1.06. The minimum absolute atomic E-state index is 0.0437. The molecule has 1 rings (SSSR count).